The Bertz CT molecular complexity index is 1010. The molecular formula is C21H24N4O2S2. The van der Waals surface area contributed by atoms with Crippen LogP contribution < -0.4 is 5.32 Å². The van der Waals surface area contributed by atoms with Crippen molar-refractivity contribution in [3.63, 3.8) is 0 Å². The molecule has 1 aromatic carbocycles. The summed E-state index contributed by atoms with van der Waals surface area (Å²) < 4.78 is 6.87. The van der Waals surface area contributed by atoms with E-state index in [4.69, 9.17) is 17.0 Å². The number of anilines is 1. The van der Waals surface area contributed by atoms with Gasteiger partial charge in [-0.2, -0.15) is 5.10 Å². The lowest BCUT2D eigenvalue weighted by Crippen LogP contribution is -2.30. The number of hydrogen-bond acceptors (Lipinski definition) is 5. The Labute approximate surface area is 180 Å². The third kappa shape index (κ3) is 4.83. The van der Waals surface area contributed by atoms with Crippen molar-refractivity contribution < 1.29 is 9.53 Å². The molecule has 0 bridgehead atoms. The number of esters is 1. The van der Waals surface area contributed by atoms with Gasteiger partial charge in [0, 0.05) is 36.8 Å². The van der Waals surface area contributed by atoms with Gasteiger partial charge in [0.25, 0.3) is 0 Å². The molecular weight excluding hydrogens is 404 g/mol. The molecule has 0 aliphatic heterocycles. The van der Waals surface area contributed by atoms with Gasteiger partial charge in [0.2, 0.25) is 0 Å². The molecule has 3 rings (SSSR count). The number of hydrogen-bond donors (Lipinski definition) is 1. The van der Waals surface area contributed by atoms with Crippen LogP contribution in [0.3, 0.4) is 0 Å². The summed E-state index contributed by atoms with van der Waals surface area (Å²) in [7, 11) is 3.30. The first kappa shape index (κ1) is 21.0. The molecule has 0 saturated heterocycles. The number of rotatable bonds is 6. The normalized spacial score (nSPS) is 10.6. The quantitative estimate of drug-likeness (QED) is 0.459. The maximum Gasteiger partial charge on any atom is 0.340 e. The molecule has 1 N–H and O–H groups in total. The van der Waals surface area contributed by atoms with Crippen molar-refractivity contribution in [2.75, 3.05) is 19.5 Å². The topological polar surface area (TPSA) is 59.4 Å². The Balaban J connectivity index is 1.80. The summed E-state index contributed by atoms with van der Waals surface area (Å²) >= 11 is 7.06. The van der Waals surface area contributed by atoms with Crippen molar-refractivity contribution in [2.24, 2.45) is 0 Å². The molecule has 0 spiro atoms. The van der Waals surface area contributed by atoms with Crippen molar-refractivity contribution in [1.82, 2.24) is 14.7 Å². The highest BCUT2D eigenvalue weighted by molar-refractivity contribution is 7.80. The van der Waals surface area contributed by atoms with Crippen molar-refractivity contribution >= 4 is 39.6 Å². The number of aryl methyl sites for hydroxylation is 2. The highest BCUT2D eigenvalue weighted by Crippen LogP contribution is 2.36. The summed E-state index contributed by atoms with van der Waals surface area (Å²) in [6, 6.07) is 11.8. The van der Waals surface area contributed by atoms with E-state index in [1.165, 1.54) is 18.4 Å². The SMILES string of the molecule is CCn1cc(CN(C)C(=S)Nc2sc(-c3ccccc3)cc2C(=O)OC)c(C)n1. The zero-order valence-corrected chi connectivity index (χ0v) is 18.6. The Hall–Kier alpha value is -2.71. The Morgan fingerprint density at radius 1 is 1.34 bits per heavy atom. The predicted octanol–water partition coefficient (Wildman–Crippen LogP) is 4.56. The fraction of sp³-hybridized carbons (Fsp3) is 0.286. The van der Waals surface area contributed by atoms with Gasteiger partial charge in [-0.05, 0) is 37.7 Å². The third-order valence-corrected chi connectivity index (χ3v) is 6.06. The van der Waals surface area contributed by atoms with Crippen molar-refractivity contribution in [3.8, 4) is 10.4 Å². The summed E-state index contributed by atoms with van der Waals surface area (Å²) in [6.45, 7) is 5.50. The van der Waals surface area contributed by atoms with E-state index < -0.39 is 5.97 Å². The van der Waals surface area contributed by atoms with Gasteiger partial charge in [-0.3, -0.25) is 4.68 Å². The minimum absolute atomic E-state index is 0.392. The molecule has 0 aliphatic rings. The summed E-state index contributed by atoms with van der Waals surface area (Å²) in [5.41, 5.74) is 3.61. The van der Waals surface area contributed by atoms with Crippen LogP contribution in [0.15, 0.2) is 42.6 Å². The maximum absolute atomic E-state index is 12.3. The smallest absolute Gasteiger partial charge is 0.340 e. The van der Waals surface area contributed by atoms with Gasteiger partial charge in [0.15, 0.2) is 5.11 Å². The van der Waals surface area contributed by atoms with Gasteiger partial charge >= 0.3 is 5.97 Å². The van der Waals surface area contributed by atoms with Gasteiger partial charge < -0.3 is 15.0 Å². The van der Waals surface area contributed by atoms with Crippen LogP contribution in [0.1, 0.15) is 28.5 Å². The fourth-order valence-electron chi connectivity index (χ4n) is 2.89. The highest BCUT2D eigenvalue weighted by atomic mass is 32.1. The first-order chi connectivity index (χ1) is 13.9. The van der Waals surface area contributed by atoms with E-state index in [2.05, 4.69) is 17.3 Å². The van der Waals surface area contributed by atoms with Crippen molar-refractivity contribution in [2.45, 2.75) is 26.9 Å². The van der Waals surface area contributed by atoms with E-state index in [9.17, 15) is 4.79 Å². The summed E-state index contributed by atoms with van der Waals surface area (Å²) in [5, 5.41) is 8.90. The molecule has 0 atom stereocenters. The fourth-order valence-corrected chi connectivity index (χ4v) is 4.17. The number of nitrogens with zero attached hydrogens (tertiary/aromatic N) is 3. The molecule has 2 heterocycles. The average molecular weight is 429 g/mol. The molecule has 2 aromatic heterocycles. The minimum Gasteiger partial charge on any atom is -0.465 e. The molecule has 0 amide bonds. The lowest BCUT2D eigenvalue weighted by Gasteiger charge is -2.20. The van der Waals surface area contributed by atoms with Crippen LogP contribution >= 0.6 is 23.6 Å². The van der Waals surface area contributed by atoms with Gasteiger partial charge in [0.1, 0.15) is 5.00 Å². The molecule has 152 valence electrons. The first-order valence-corrected chi connectivity index (χ1v) is 10.5. The van der Waals surface area contributed by atoms with Crippen molar-refractivity contribution in [1.29, 1.82) is 0 Å². The van der Waals surface area contributed by atoms with Crippen LogP contribution in [0.25, 0.3) is 10.4 Å². The van der Waals surface area contributed by atoms with E-state index in [1.54, 1.807) is 0 Å². The Morgan fingerprint density at radius 2 is 2.07 bits per heavy atom. The average Bonchev–Trinajstić information content (AvgIpc) is 3.31. The monoisotopic (exact) mass is 428 g/mol. The van der Waals surface area contributed by atoms with Gasteiger partial charge in [0.05, 0.1) is 18.4 Å². The number of benzene rings is 1. The summed E-state index contributed by atoms with van der Waals surface area (Å²) in [5.74, 6) is -0.392. The first-order valence-electron chi connectivity index (χ1n) is 9.25. The lowest BCUT2D eigenvalue weighted by molar-refractivity contribution is 0.0602. The molecule has 0 saturated carbocycles. The Morgan fingerprint density at radius 3 is 2.69 bits per heavy atom. The highest BCUT2D eigenvalue weighted by Gasteiger charge is 2.20. The van der Waals surface area contributed by atoms with E-state index in [-0.39, 0.29) is 0 Å². The predicted molar refractivity (Wildman–Crippen MR) is 121 cm³/mol. The van der Waals surface area contributed by atoms with Gasteiger partial charge in [-0.1, -0.05) is 30.3 Å². The summed E-state index contributed by atoms with van der Waals surface area (Å²) in [6.07, 6.45) is 2.03. The number of methoxy groups -OCH3 is 1. The molecule has 8 heteroatoms. The number of nitrogens with one attached hydrogen (secondary N) is 1. The van der Waals surface area contributed by atoms with Crippen LogP contribution in [-0.4, -0.2) is 39.9 Å². The second-order valence-electron chi connectivity index (χ2n) is 6.59. The van der Waals surface area contributed by atoms with Crippen LogP contribution in [0.2, 0.25) is 0 Å². The number of thiophene rings is 1. The van der Waals surface area contributed by atoms with Crippen LogP contribution in [0.4, 0.5) is 5.00 Å². The molecule has 0 fully saturated rings. The van der Waals surface area contributed by atoms with Crippen molar-refractivity contribution in [3.05, 3.63) is 59.4 Å². The zero-order valence-electron chi connectivity index (χ0n) is 16.9. The number of carbonyl (C=O) groups is 1. The molecule has 29 heavy (non-hydrogen) atoms. The minimum atomic E-state index is -0.392. The Kier molecular flexibility index (Phi) is 6.66. The number of carbonyl (C=O) groups excluding carboxylic acids is 1. The number of aromatic nitrogens is 2. The van der Waals surface area contributed by atoms with E-state index in [1.807, 2.05) is 66.1 Å². The lowest BCUT2D eigenvalue weighted by atomic mass is 10.1. The summed E-state index contributed by atoms with van der Waals surface area (Å²) in [4.78, 5) is 15.2. The van der Waals surface area contributed by atoms with Gasteiger partial charge in [-0.15, -0.1) is 11.3 Å². The maximum atomic E-state index is 12.3. The second kappa shape index (κ2) is 9.19. The molecule has 0 radical (unpaired) electrons. The molecule has 6 nitrogen and oxygen atoms in total. The molecule has 0 unspecified atom stereocenters. The molecule has 0 aliphatic carbocycles. The second-order valence-corrected chi connectivity index (χ2v) is 8.03. The van der Waals surface area contributed by atoms with Crippen LogP contribution in [-0.2, 0) is 17.8 Å². The standard InChI is InChI=1S/C21H24N4O2S2/c1-5-25-13-16(14(2)23-25)12-24(3)21(28)22-19-17(20(26)27-4)11-18(29-19)15-9-7-6-8-10-15/h6-11,13H,5,12H2,1-4H3,(H,22,28). The van der Waals surface area contributed by atoms with E-state index in [0.29, 0.717) is 22.2 Å². The van der Waals surface area contributed by atoms with Gasteiger partial charge in [-0.25, -0.2) is 4.79 Å². The third-order valence-electron chi connectivity index (χ3n) is 4.54. The van der Waals surface area contributed by atoms with Crippen LogP contribution in [0.5, 0.6) is 0 Å². The van der Waals surface area contributed by atoms with E-state index >= 15 is 0 Å². The zero-order chi connectivity index (χ0) is 21.0. The van der Waals surface area contributed by atoms with Crippen LogP contribution in [0, 0.1) is 6.92 Å². The van der Waals surface area contributed by atoms with E-state index in [0.717, 1.165) is 28.2 Å². The molecule has 3 aromatic rings. The number of ether oxygens (including phenoxy) is 1. The number of thiocarbonyl (C=S) groups is 1. The largest absolute Gasteiger partial charge is 0.465 e.